The Hall–Kier alpha value is -4.33. The Bertz CT molecular complexity index is 2220. The van der Waals surface area contributed by atoms with Gasteiger partial charge in [-0.2, -0.15) is 0 Å². The van der Waals surface area contributed by atoms with Gasteiger partial charge in [-0.05, 0) is 26.0 Å². The van der Waals surface area contributed by atoms with E-state index in [-0.39, 0.29) is 21.2 Å². The van der Waals surface area contributed by atoms with Gasteiger partial charge in [-0.25, -0.2) is 87.8 Å². The van der Waals surface area contributed by atoms with Crippen molar-refractivity contribution in [3.8, 4) is 0 Å². The average Bonchev–Trinajstić information content (AvgIpc) is 3.80. The number of halogens is 21. The normalized spacial score (nSPS) is 11.7. The number of thiophene rings is 2. The highest BCUT2D eigenvalue weighted by Crippen LogP contribution is 2.30. The van der Waals surface area contributed by atoms with Crippen LogP contribution in [0, 0.1) is 136 Å². The van der Waals surface area contributed by atoms with Crippen LogP contribution in [-0.2, 0) is 0 Å². The van der Waals surface area contributed by atoms with Gasteiger partial charge in [0.2, 0.25) is 5.77 Å². The quantitative estimate of drug-likeness (QED) is 0.0597. The second-order valence-electron chi connectivity index (χ2n) is 11.6. The van der Waals surface area contributed by atoms with Crippen molar-refractivity contribution in [3.05, 3.63) is 156 Å². The Morgan fingerprint density at radius 1 is 0.293 bits per heavy atom. The van der Waals surface area contributed by atoms with Crippen molar-refractivity contribution in [2.24, 2.45) is 0 Å². The topological polar surface area (TPSA) is 0 Å². The van der Waals surface area contributed by atoms with Crippen LogP contribution in [0.1, 0.15) is 9.75 Å². The minimum absolute atomic E-state index is 0.107. The maximum absolute atomic E-state index is 15.4. The van der Waals surface area contributed by atoms with E-state index in [4.69, 9.17) is 0 Å². The summed E-state index contributed by atoms with van der Waals surface area (Å²) in [5.74, 6) is -71.4. The van der Waals surface area contributed by atoms with Crippen molar-refractivity contribution < 1.29 is 109 Å². The van der Waals surface area contributed by atoms with Crippen LogP contribution in [0.2, 0.25) is 0 Å². The van der Waals surface area contributed by atoms with Crippen LogP contribution < -0.4 is 43.1 Å². The summed E-state index contributed by atoms with van der Waals surface area (Å²) in [6.07, 6.45) is -7.22. The monoisotopic (exact) mass is 1000 g/mol. The van der Waals surface area contributed by atoms with Crippen LogP contribution in [0.5, 0.6) is 0 Å². The number of rotatable bonds is 6. The first-order valence-corrected chi connectivity index (χ1v) is 18.7. The third-order valence-corrected chi connectivity index (χ3v) is 14.0. The summed E-state index contributed by atoms with van der Waals surface area (Å²) < 4.78 is 297. The lowest BCUT2D eigenvalue weighted by Gasteiger charge is -2.44. The molecule has 2 aromatic heterocycles. The third kappa shape index (κ3) is 7.00. The SMILES string of the molecule is Cc1ccc([I+]c2ccc(C)s2)s1.Fc1c(F)c(F)c([B-](c2c(F)c(F)c(F)c(F)c2F)(c2c(F)c(F)c(F)c(F)c2F)c2c(F)c(F)c(F)c(F)c2F)c(F)c1F. The summed E-state index contributed by atoms with van der Waals surface area (Å²) in [6.45, 7) is 4.36. The first-order chi connectivity index (χ1) is 26.9. The van der Waals surface area contributed by atoms with Gasteiger partial charge in [-0.3, -0.25) is 0 Å². The summed E-state index contributed by atoms with van der Waals surface area (Å²) in [7, 11) is 0. The van der Waals surface area contributed by atoms with Gasteiger partial charge in [-0.15, -0.1) is 21.9 Å². The molecular weight excluding hydrogens is 990 g/mol. The summed E-state index contributed by atoms with van der Waals surface area (Å²) in [4.78, 5) is 2.87. The van der Waals surface area contributed by atoms with E-state index in [0.717, 1.165) is 0 Å². The predicted molar refractivity (Wildman–Crippen MR) is 165 cm³/mol. The van der Waals surface area contributed by atoms with Crippen molar-refractivity contribution in [3.63, 3.8) is 0 Å². The Morgan fingerprint density at radius 2 is 0.466 bits per heavy atom. The summed E-state index contributed by atoms with van der Waals surface area (Å²) in [5.41, 5.74) is -14.3. The van der Waals surface area contributed by atoms with Gasteiger partial charge in [0.15, 0.2) is 69.8 Å². The highest BCUT2D eigenvalue weighted by molar-refractivity contribution is 7.20. The fourth-order valence-corrected chi connectivity index (χ4v) is 12.5. The number of benzene rings is 4. The van der Waals surface area contributed by atoms with E-state index in [1.807, 2.05) is 22.7 Å². The first-order valence-electron chi connectivity index (χ1n) is 15.0. The maximum atomic E-state index is 15.4. The summed E-state index contributed by atoms with van der Waals surface area (Å²) in [6, 6.07) is 9.00. The molecule has 0 radical (unpaired) electrons. The molecular formula is C34H10BF20IS2. The smallest absolute Gasteiger partial charge is 0.207 e. The van der Waals surface area contributed by atoms with Gasteiger partial charge in [0.25, 0.3) is 0 Å². The largest absolute Gasteiger partial charge is 0.381 e. The van der Waals surface area contributed by atoms with Crippen molar-refractivity contribution >= 4 is 50.7 Å². The van der Waals surface area contributed by atoms with Gasteiger partial charge in [0.1, 0.15) is 52.7 Å². The van der Waals surface area contributed by atoms with Crippen LogP contribution in [0.15, 0.2) is 24.3 Å². The van der Waals surface area contributed by atoms with Crippen molar-refractivity contribution in [2.45, 2.75) is 13.8 Å². The van der Waals surface area contributed by atoms with Crippen LogP contribution in [0.4, 0.5) is 87.8 Å². The molecule has 6 rings (SSSR count). The lowest BCUT2D eigenvalue weighted by Crippen LogP contribution is -3.61. The van der Waals surface area contributed by atoms with Crippen molar-refractivity contribution in [2.75, 3.05) is 0 Å². The average molecular weight is 1000 g/mol. The highest BCUT2D eigenvalue weighted by Gasteiger charge is 2.52. The summed E-state index contributed by atoms with van der Waals surface area (Å²) >= 11 is 4.00. The zero-order valence-corrected chi connectivity index (χ0v) is 31.4. The molecule has 0 nitrogen and oxygen atoms in total. The molecule has 2 heterocycles. The first kappa shape index (κ1) is 44.8. The van der Waals surface area contributed by atoms with E-state index in [0.29, 0.717) is 0 Å². The Kier molecular flexibility index (Phi) is 12.6. The van der Waals surface area contributed by atoms with Crippen LogP contribution in [0.25, 0.3) is 0 Å². The van der Waals surface area contributed by atoms with Crippen LogP contribution >= 0.6 is 22.7 Å². The Labute approximate surface area is 328 Å². The molecule has 0 aliphatic carbocycles. The molecule has 0 aliphatic heterocycles. The molecule has 0 amide bonds. The second kappa shape index (κ2) is 16.4. The number of aryl methyl sites for hydroxylation is 2. The van der Waals surface area contributed by atoms with E-state index in [9.17, 15) is 52.7 Å². The zero-order valence-electron chi connectivity index (χ0n) is 27.6. The second-order valence-corrected chi connectivity index (χ2v) is 18.5. The molecule has 308 valence electrons. The molecule has 24 heteroatoms. The molecule has 0 N–H and O–H groups in total. The molecule has 0 unspecified atom stereocenters. The van der Waals surface area contributed by atoms with Crippen LogP contribution in [0.3, 0.4) is 0 Å². The molecule has 58 heavy (non-hydrogen) atoms. The molecule has 4 aromatic carbocycles. The minimum Gasteiger partial charge on any atom is -0.207 e. The molecule has 6 aromatic rings. The van der Waals surface area contributed by atoms with Crippen molar-refractivity contribution in [1.29, 1.82) is 0 Å². The van der Waals surface area contributed by atoms with Crippen LogP contribution in [-0.4, -0.2) is 6.15 Å². The van der Waals surface area contributed by atoms with Crippen molar-refractivity contribution in [1.82, 2.24) is 0 Å². The van der Waals surface area contributed by atoms with E-state index >= 15 is 35.1 Å². The highest BCUT2D eigenvalue weighted by atomic mass is 127. The molecule has 0 bridgehead atoms. The van der Waals surface area contributed by atoms with E-state index in [1.54, 1.807) is 5.77 Å². The molecule has 0 aliphatic rings. The zero-order chi connectivity index (χ0) is 43.6. The molecule has 0 spiro atoms. The molecule has 0 saturated carbocycles. The van der Waals surface area contributed by atoms with E-state index < -0.39 is 144 Å². The minimum atomic E-state index is -7.22. The van der Waals surface area contributed by atoms with Gasteiger partial charge in [-0.1, -0.05) is 22.7 Å². The number of hydrogen-bond acceptors (Lipinski definition) is 2. The third-order valence-electron chi connectivity index (χ3n) is 8.31. The maximum Gasteiger partial charge on any atom is 0.381 e. The van der Waals surface area contributed by atoms with E-state index in [1.165, 1.54) is 9.75 Å². The summed E-state index contributed by atoms with van der Waals surface area (Å²) in [5, 5.41) is 0. The van der Waals surface area contributed by atoms with Gasteiger partial charge in [0, 0.05) is 21.9 Å². The Morgan fingerprint density at radius 3 is 0.621 bits per heavy atom. The standard InChI is InChI=1S/C24BF20.C10H10IS2/c26-5-1(6(27)14(35)21(42)13(5)34)25(2-7(28)15(36)22(43)16(37)8(2)29,3-9(30)17(38)23(44)18(39)10(3)31)4-11(32)19(40)24(45)20(41)12(4)33;1-7-3-5-9(12-7)11-10-6-4-8(2)13-10/h;3-6H,1-2H3/q-1;+1. The lowest BCUT2D eigenvalue weighted by atomic mass is 9.12. The predicted octanol–water partition coefficient (Wildman–Crippen LogP) is 6.40. The van der Waals surface area contributed by atoms with Gasteiger partial charge in [0.05, 0.1) is 0 Å². The lowest BCUT2D eigenvalue weighted by molar-refractivity contribution is -0.585. The van der Waals surface area contributed by atoms with Gasteiger partial charge < -0.3 is 0 Å². The van der Waals surface area contributed by atoms with Gasteiger partial charge >= 0.3 is 21.2 Å². The molecule has 0 saturated heterocycles. The number of hydrogen-bond donors (Lipinski definition) is 0. The fraction of sp³-hybridized carbons (Fsp3) is 0.0588. The van der Waals surface area contributed by atoms with E-state index in [2.05, 4.69) is 38.1 Å². The molecule has 0 fully saturated rings. The molecule has 0 atom stereocenters. The Balaban J connectivity index is 0.000000414. The fourth-order valence-electron chi connectivity index (χ4n) is 5.88.